The van der Waals surface area contributed by atoms with Crippen molar-refractivity contribution in [3.63, 3.8) is 0 Å². The first-order chi connectivity index (χ1) is 14.9. The molecule has 3 aromatic rings. The fourth-order valence-electron chi connectivity index (χ4n) is 3.41. The highest BCUT2D eigenvalue weighted by Gasteiger charge is 2.44. The van der Waals surface area contributed by atoms with Gasteiger partial charge in [0.15, 0.2) is 0 Å². The van der Waals surface area contributed by atoms with Crippen molar-refractivity contribution in [2.75, 3.05) is 17.7 Å². The van der Waals surface area contributed by atoms with Crippen LogP contribution in [-0.4, -0.2) is 32.4 Å². The molecule has 3 aromatic carbocycles. The number of rotatable bonds is 9. The van der Waals surface area contributed by atoms with Gasteiger partial charge >= 0.3 is 0 Å². The van der Waals surface area contributed by atoms with Crippen molar-refractivity contribution in [2.45, 2.75) is 0 Å². The van der Waals surface area contributed by atoms with Crippen LogP contribution in [0.4, 0.5) is 0 Å². The summed E-state index contributed by atoms with van der Waals surface area (Å²) >= 11 is 0. The molecule has 0 bridgehead atoms. The summed E-state index contributed by atoms with van der Waals surface area (Å²) in [6.45, 7) is 0. The van der Waals surface area contributed by atoms with E-state index in [9.17, 15) is 32.9 Å². The van der Waals surface area contributed by atoms with E-state index < -0.39 is 47.0 Å². The van der Waals surface area contributed by atoms with E-state index in [1.165, 1.54) is 36.4 Å². The first-order valence-corrected chi connectivity index (χ1v) is 17.4. The van der Waals surface area contributed by atoms with Crippen molar-refractivity contribution in [1.82, 2.24) is 0 Å². The van der Waals surface area contributed by atoms with Gasteiger partial charge in [-0.05, 0) is 36.4 Å². The Morgan fingerprint density at radius 2 is 0.656 bits per heavy atom. The minimum absolute atomic E-state index is 0.0280. The van der Waals surface area contributed by atoms with Crippen LogP contribution in [0.2, 0.25) is 0 Å². The topological polar surface area (TPSA) is 129 Å². The Labute approximate surface area is 186 Å². The predicted octanol–water partition coefficient (Wildman–Crippen LogP) is 4.01. The lowest BCUT2D eigenvalue weighted by Crippen LogP contribution is -2.15. The molecule has 170 valence electrons. The Bertz CT molecular complexity index is 1090. The summed E-state index contributed by atoms with van der Waals surface area (Å²) in [7, 11) is -16.9. The van der Waals surface area contributed by atoms with Crippen molar-refractivity contribution < 1.29 is 32.9 Å². The van der Waals surface area contributed by atoms with Crippen molar-refractivity contribution in [3.05, 3.63) is 91.0 Å². The summed E-state index contributed by atoms with van der Waals surface area (Å²) in [4.78, 5) is 32.1. The lowest BCUT2D eigenvalue weighted by atomic mass is 10.4. The van der Waals surface area contributed by atoms with Gasteiger partial charge in [0.05, 0.1) is 17.7 Å². The second-order valence-corrected chi connectivity index (χ2v) is 18.9. The highest BCUT2D eigenvalue weighted by Crippen LogP contribution is 2.70. The molecule has 3 atom stereocenters. The molecule has 3 N–H and O–H groups in total. The summed E-state index contributed by atoms with van der Waals surface area (Å²) in [5, 5.41) is 0.0839. The van der Waals surface area contributed by atoms with Gasteiger partial charge in [0.25, 0.3) is 0 Å². The first-order valence-electron chi connectivity index (χ1n) is 9.63. The molecule has 0 heterocycles. The van der Waals surface area contributed by atoms with Gasteiger partial charge in [-0.3, -0.25) is 13.7 Å². The molecule has 0 aromatic heterocycles. The Balaban J connectivity index is 2.02. The minimum Gasteiger partial charge on any atom is -0.341 e. The molecule has 3 unspecified atom stereocenters. The second kappa shape index (κ2) is 9.75. The van der Waals surface area contributed by atoms with E-state index in [2.05, 4.69) is 0 Å². The SMILES string of the molecule is O=P(CP(=O)(O)c1ccccc1)(CP(=O)(O)c1ccccc1)CP(=O)(O)c1ccccc1. The van der Waals surface area contributed by atoms with Crippen molar-refractivity contribution in [2.24, 2.45) is 0 Å². The maximum absolute atomic E-state index is 14.0. The molecule has 0 aliphatic carbocycles. The number of hydrogen-bond donors (Lipinski definition) is 3. The third kappa shape index (κ3) is 6.28. The van der Waals surface area contributed by atoms with Crippen LogP contribution in [-0.2, 0) is 18.3 Å². The first kappa shape index (κ1) is 25.1. The second-order valence-electron chi connectivity index (χ2n) is 7.59. The van der Waals surface area contributed by atoms with Crippen LogP contribution in [0.25, 0.3) is 0 Å². The van der Waals surface area contributed by atoms with E-state index in [1.807, 2.05) is 0 Å². The highest BCUT2D eigenvalue weighted by molar-refractivity contribution is 7.93. The van der Waals surface area contributed by atoms with Crippen LogP contribution in [0.1, 0.15) is 0 Å². The van der Waals surface area contributed by atoms with Gasteiger partial charge < -0.3 is 19.2 Å². The monoisotopic (exact) mass is 512 g/mol. The molecule has 0 aliphatic heterocycles. The molecule has 0 saturated carbocycles. The van der Waals surface area contributed by atoms with Gasteiger partial charge in [-0.15, -0.1) is 0 Å². The molecule has 32 heavy (non-hydrogen) atoms. The van der Waals surface area contributed by atoms with Crippen molar-refractivity contribution >= 4 is 45.2 Å². The summed E-state index contributed by atoms with van der Waals surface area (Å²) in [6, 6.07) is 22.6. The molecule has 11 heteroatoms. The summed E-state index contributed by atoms with van der Waals surface area (Å²) in [6.07, 6.45) is 0. The fourth-order valence-corrected chi connectivity index (χ4v) is 19.2. The zero-order valence-electron chi connectivity index (χ0n) is 17.0. The third-order valence-electron chi connectivity index (χ3n) is 4.83. The molecule has 0 fully saturated rings. The molecule has 0 saturated heterocycles. The molecule has 0 amide bonds. The molecule has 7 nitrogen and oxygen atoms in total. The predicted molar refractivity (Wildman–Crippen MR) is 130 cm³/mol. The zero-order valence-corrected chi connectivity index (χ0v) is 20.6. The summed E-state index contributed by atoms with van der Waals surface area (Å²) in [5.41, 5.74) is 0. The third-order valence-corrected chi connectivity index (χ3v) is 18.9. The Kier molecular flexibility index (Phi) is 7.65. The smallest absolute Gasteiger partial charge is 0.236 e. The van der Waals surface area contributed by atoms with Gasteiger partial charge in [-0.1, -0.05) is 54.6 Å². The summed E-state index contributed by atoms with van der Waals surface area (Å²) < 4.78 is 53.3. The van der Waals surface area contributed by atoms with Crippen LogP contribution in [0.3, 0.4) is 0 Å². The van der Waals surface area contributed by atoms with Crippen molar-refractivity contribution in [3.8, 4) is 0 Å². The Morgan fingerprint density at radius 3 is 0.875 bits per heavy atom. The molecular formula is C21H24O7P4. The van der Waals surface area contributed by atoms with Gasteiger partial charge in [0.2, 0.25) is 22.1 Å². The van der Waals surface area contributed by atoms with Crippen LogP contribution < -0.4 is 15.9 Å². The van der Waals surface area contributed by atoms with E-state index >= 15 is 0 Å². The maximum atomic E-state index is 14.0. The van der Waals surface area contributed by atoms with E-state index in [4.69, 9.17) is 0 Å². The quantitative estimate of drug-likeness (QED) is 0.370. The Hall–Kier alpha value is -1.54. The fraction of sp³-hybridized carbons (Fsp3) is 0.143. The van der Waals surface area contributed by atoms with Gasteiger partial charge in [0.1, 0.15) is 7.14 Å². The van der Waals surface area contributed by atoms with Gasteiger partial charge in [0, 0.05) is 15.9 Å². The van der Waals surface area contributed by atoms with Crippen LogP contribution in [0.15, 0.2) is 91.0 Å². The van der Waals surface area contributed by atoms with Crippen LogP contribution in [0, 0.1) is 0 Å². The average molecular weight is 512 g/mol. The summed E-state index contributed by atoms with van der Waals surface area (Å²) in [5.74, 6) is -2.55. The lowest BCUT2D eigenvalue weighted by Gasteiger charge is -2.26. The van der Waals surface area contributed by atoms with Crippen LogP contribution in [0.5, 0.6) is 0 Å². The largest absolute Gasteiger partial charge is 0.341 e. The average Bonchev–Trinajstić information content (AvgIpc) is 2.74. The molecule has 3 rings (SSSR count). The minimum atomic E-state index is -4.25. The number of hydrogen-bond acceptors (Lipinski definition) is 4. The number of benzene rings is 3. The zero-order chi connectivity index (χ0) is 23.5. The van der Waals surface area contributed by atoms with E-state index in [0.29, 0.717) is 0 Å². The molecule has 0 spiro atoms. The normalized spacial score (nSPS) is 19.1. The van der Waals surface area contributed by atoms with Crippen LogP contribution >= 0.6 is 29.2 Å². The molecule has 0 aliphatic rings. The Morgan fingerprint density at radius 1 is 0.438 bits per heavy atom. The lowest BCUT2D eigenvalue weighted by molar-refractivity contribution is 0.491. The van der Waals surface area contributed by atoms with E-state index in [1.54, 1.807) is 54.6 Å². The van der Waals surface area contributed by atoms with E-state index in [0.717, 1.165) is 0 Å². The van der Waals surface area contributed by atoms with Gasteiger partial charge in [-0.2, -0.15) is 0 Å². The standard InChI is InChI=1S/C21H24O7P4/c22-29(16-30(23,24)19-10-4-1-5-11-19,17-31(25,26)20-12-6-2-7-13-20)18-32(27,28)21-14-8-3-9-15-21/h1-15H,16-18H2,(H,23,24)(H,25,26)(H,27,28). The van der Waals surface area contributed by atoms with Crippen molar-refractivity contribution in [1.29, 1.82) is 0 Å². The molecular weight excluding hydrogens is 488 g/mol. The van der Waals surface area contributed by atoms with Gasteiger partial charge in [-0.25, -0.2) is 0 Å². The maximum Gasteiger partial charge on any atom is 0.236 e. The van der Waals surface area contributed by atoms with E-state index in [-0.39, 0.29) is 15.9 Å². The molecule has 0 radical (unpaired) electrons. The highest BCUT2D eigenvalue weighted by atomic mass is 31.3.